The van der Waals surface area contributed by atoms with E-state index in [0.717, 1.165) is 6.54 Å². The van der Waals surface area contributed by atoms with Gasteiger partial charge in [0.15, 0.2) is 0 Å². The van der Waals surface area contributed by atoms with E-state index < -0.39 is 0 Å². The first-order chi connectivity index (χ1) is 11.1. The van der Waals surface area contributed by atoms with Gasteiger partial charge in [0, 0.05) is 23.1 Å². The second-order valence-corrected chi connectivity index (χ2v) is 8.11. The van der Waals surface area contributed by atoms with Crippen LogP contribution in [0, 0.1) is 13.8 Å². The molecule has 0 amide bonds. The minimum Gasteiger partial charge on any atom is -0.424 e. The van der Waals surface area contributed by atoms with Crippen molar-refractivity contribution < 1.29 is 4.42 Å². The van der Waals surface area contributed by atoms with Crippen LogP contribution >= 0.6 is 11.8 Å². The van der Waals surface area contributed by atoms with Gasteiger partial charge in [0.2, 0.25) is 11.8 Å². The number of rotatable bonds is 6. The number of hydrogen-bond donors (Lipinski definition) is 1. The molecule has 1 atom stereocenters. The first-order valence-electron chi connectivity index (χ1n) is 8.35. The van der Waals surface area contributed by atoms with Crippen molar-refractivity contribution >= 4 is 11.8 Å². The highest BCUT2D eigenvalue weighted by molar-refractivity contribution is 8.00. The molecule has 1 saturated carbocycles. The molecule has 1 fully saturated rings. The average molecular weight is 331 g/mol. The normalized spacial score (nSPS) is 18.2. The molecule has 0 unspecified atom stereocenters. The van der Waals surface area contributed by atoms with Crippen LogP contribution in [0.2, 0.25) is 0 Å². The van der Waals surface area contributed by atoms with Gasteiger partial charge in [-0.2, -0.15) is 0 Å². The molecule has 1 heterocycles. The summed E-state index contributed by atoms with van der Waals surface area (Å²) in [6, 6.07) is 8.97. The second-order valence-electron chi connectivity index (χ2n) is 6.57. The second kappa shape index (κ2) is 7.05. The van der Waals surface area contributed by atoms with E-state index in [-0.39, 0.29) is 10.8 Å². The lowest BCUT2D eigenvalue weighted by Crippen LogP contribution is -2.36. The molecule has 0 aliphatic heterocycles. The molecule has 3 rings (SSSR count). The zero-order chi connectivity index (χ0) is 16.3. The molecular formula is C18H25N3OS. The third kappa shape index (κ3) is 4.15. The smallest absolute Gasteiger partial charge is 0.233 e. The third-order valence-corrected chi connectivity index (χ3v) is 6.01. The van der Waals surface area contributed by atoms with Gasteiger partial charge in [-0.25, -0.2) is 0 Å². The van der Waals surface area contributed by atoms with Gasteiger partial charge in [0.05, 0.1) is 6.04 Å². The number of benzene rings is 1. The molecule has 1 aromatic carbocycles. The molecule has 0 saturated heterocycles. The molecule has 23 heavy (non-hydrogen) atoms. The van der Waals surface area contributed by atoms with E-state index in [1.165, 1.54) is 36.1 Å². The van der Waals surface area contributed by atoms with Crippen LogP contribution in [0.25, 0.3) is 0 Å². The van der Waals surface area contributed by atoms with Crippen molar-refractivity contribution in [3.63, 3.8) is 0 Å². The first kappa shape index (κ1) is 16.5. The van der Waals surface area contributed by atoms with Gasteiger partial charge in [0.1, 0.15) is 0 Å². The van der Waals surface area contributed by atoms with E-state index >= 15 is 0 Å². The number of nitrogens with one attached hydrogen (secondary N) is 1. The first-order valence-corrected chi connectivity index (χ1v) is 9.17. The van der Waals surface area contributed by atoms with Gasteiger partial charge in [-0.3, -0.25) is 0 Å². The van der Waals surface area contributed by atoms with Crippen LogP contribution in [0.5, 0.6) is 0 Å². The van der Waals surface area contributed by atoms with Crippen LogP contribution in [0.15, 0.2) is 33.6 Å². The van der Waals surface area contributed by atoms with E-state index in [1.807, 2.05) is 18.7 Å². The minimum absolute atomic E-state index is 0.0901. The maximum absolute atomic E-state index is 5.53. The number of aromatic nitrogens is 2. The SMILES string of the molecule is Cc1ccc(SC2(CN[C@@H](C)c3nnc(C)o3)CCCC2)cc1. The Morgan fingerprint density at radius 1 is 1.17 bits per heavy atom. The van der Waals surface area contributed by atoms with Gasteiger partial charge >= 0.3 is 0 Å². The highest BCUT2D eigenvalue weighted by atomic mass is 32.2. The molecule has 1 N–H and O–H groups in total. The van der Waals surface area contributed by atoms with Crippen molar-refractivity contribution in [2.45, 2.75) is 62.1 Å². The fraction of sp³-hybridized carbons (Fsp3) is 0.556. The lowest BCUT2D eigenvalue weighted by Gasteiger charge is -2.30. The van der Waals surface area contributed by atoms with Crippen molar-refractivity contribution in [3.8, 4) is 0 Å². The van der Waals surface area contributed by atoms with Gasteiger partial charge in [-0.15, -0.1) is 22.0 Å². The third-order valence-electron chi connectivity index (χ3n) is 4.51. The molecule has 4 nitrogen and oxygen atoms in total. The summed E-state index contributed by atoms with van der Waals surface area (Å²) in [6.07, 6.45) is 5.14. The van der Waals surface area contributed by atoms with E-state index in [1.54, 1.807) is 0 Å². The lowest BCUT2D eigenvalue weighted by atomic mass is 10.1. The molecule has 0 radical (unpaired) electrons. The maximum atomic E-state index is 5.53. The van der Waals surface area contributed by atoms with Crippen LogP contribution in [0.1, 0.15) is 56.0 Å². The van der Waals surface area contributed by atoms with E-state index in [0.29, 0.717) is 11.8 Å². The Balaban J connectivity index is 1.65. The van der Waals surface area contributed by atoms with Gasteiger partial charge in [0.25, 0.3) is 0 Å². The summed E-state index contributed by atoms with van der Waals surface area (Å²) in [5.74, 6) is 1.30. The largest absolute Gasteiger partial charge is 0.424 e. The van der Waals surface area contributed by atoms with Crippen LogP contribution < -0.4 is 5.32 Å². The number of thioether (sulfide) groups is 1. The van der Waals surface area contributed by atoms with Crippen molar-refractivity contribution in [2.24, 2.45) is 0 Å². The minimum atomic E-state index is 0.0901. The van der Waals surface area contributed by atoms with Crippen LogP contribution in [-0.2, 0) is 0 Å². The summed E-state index contributed by atoms with van der Waals surface area (Å²) in [4.78, 5) is 1.36. The molecule has 1 aliphatic rings. The molecule has 0 bridgehead atoms. The predicted octanol–water partition coefficient (Wildman–Crippen LogP) is 4.44. The Kier molecular flexibility index (Phi) is 5.07. The summed E-state index contributed by atoms with van der Waals surface area (Å²) < 4.78 is 5.81. The predicted molar refractivity (Wildman–Crippen MR) is 93.7 cm³/mol. The van der Waals surface area contributed by atoms with Gasteiger partial charge < -0.3 is 9.73 Å². The monoisotopic (exact) mass is 331 g/mol. The standard InChI is InChI=1S/C18H25N3OS/c1-13-6-8-16(9-7-13)23-18(10-4-5-11-18)12-19-14(2)17-21-20-15(3)22-17/h6-9,14,19H,4-5,10-12H2,1-3H3/t14-/m0/s1. The summed E-state index contributed by atoms with van der Waals surface area (Å²) in [6.45, 7) is 7.02. The van der Waals surface area contributed by atoms with E-state index in [9.17, 15) is 0 Å². The Hall–Kier alpha value is -1.33. The summed E-state index contributed by atoms with van der Waals surface area (Å²) >= 11 is 2.02. The van der Waals surface area contributed by atoms with Crippen molar-refractivity contribution in [1.29, 1.82) is 0 Å². The van der Waals surface area contributed by atoms with Crippen molar-refractivity contribution in [3.05, 3.63) is 41.6 Å². The van der Waals surface area contributed by atoms with Gasteiger partial charge in [-0.05, 0) is 38.8 Å². The summed E-state index contributed by atoms with van der Waals surface area (Å²) in [5.41, 5.74) is 1.31. The van der Waals surface area contributed by atoms with E-state index in [4.69, 9.17) is 4.42 Å². The maximum Gasteiger partial charge on any atom is 0.233 e. The zero-order valence-electron chi connectivity index (χ0n) is 14.1. The van der Waals surface area contributed by atoms with Crippen LogP contribution in [-0.4, -0.2) is 21.5 Å². The fourth-order valence-electron chi connectivity index (χ4n) is 3.10. The van der Waals surface area contributed by atoms with Crippen molar-refractivity contribution in [2.75, 3.05) is 6.54 Å². The van der Waals surface area contributed by atoms with Crippen LogP contribution in [0.3, 0.4) is 0 Å². The molecule has 5 heteroatoms. The summed E-state index contributed by atoms with van der Waals surface area (Å²) in [5, 5.41) is 11.6. The van der Waals surface area contributed by atoms with E-state index in [2.05, 4.69) is 53.6 Å². The lowest BCUT2D eigenvalue weighted by molar-refractivity contribution is 0.387. The Bertz CT molecular complexity index is 632. The molecule has 124 valence electrons. The zero-order valence-corrected chi connectivity index (χ0v) is 14.9. The number of nitrogens with zero attached hydrogens (tertiary/aromatic N) is 2. The topological polar surface area (TPSA) is 51.0 Å². The van der Waals surface area contributed by atoms with Crippen LogP contribution in [0.4, 0.5) is 0 Å². The number of aryl methyl sites for hydroxylation is 2. The number of hydrogen-bond acceptors (Lipinski definition) is 5. The molecule has 1 aliphatic carbocycles. The Morgan fingerprint density at radius 3 is 2.48 bits per heavy atom. The highest BCUT2D eigenvalue weighted by Gasteiger charge is 2.35. The average Bonchev–Trinajstić information content (AvgIpc) is 3.17. The molecule has 0 spiro atoms. The van der Waals surface area contributed by atoms with Gasteiger partial charge in [-0.1, -0.05) is 30.5 Å². The summed E-state index contributed by atoms with van der Waals surface area (Å²) in [7, 11) is 0. The molecular weight excluding hydrogens is 306 g/mol. The fourth-order valence-corrected chi connectivity index (χ4v) is 4.52. The quantitative estimate of drug-likeness (QED) is 0.848. The Morgan fingerprint density at radius 2 is 1.87 bits per heavy atom. The van der Waals surface area contributed by atoms with Crippen molar-refractivity contribution in [1.82, 2.24) is 15.5 Å². The molecule has 2 aromatic rings. The molecule has 1 aromatic heterocycles. The highest BCUT2D eigenvalue weighted by Crippen LogP contribution is 2.45. The Labute approximate surface area is 142 Å².